The van der Waals surface area contributed by atoms with E-state index in [0.29, 0.717) is 12.3 Å². The Labute approximate surface area is 148 Å². The third-order valence-corrected chi connectivity index (χ3v) is 4.28. The number of rotatable bonds is 4. The molecule has 0 aromatic heterocycles. The molecule has 0 radical (unpaired) electrons. The van der Waals surface area contributed by atoms with E-state index in [1.807, 2.05) is 54.6 Å². The van der Waals surface area contributed by atoms with E-state index in [1.54, 1.807) is 0 Å². The summed E-state index contributed by atoms with van der Waals surface area (Å²) in [6.45, 7) is 6.89. The molecule has 132 valence electrons. The highest BCUT2D eigenvalue weighted by Gasteiger charge is 2.30. The van der Waals surface area contributed by atoms with Crippen LogP contribution in [0.15, 0.2) is 54.6 Å². The lowest BCUT2D eigenvalue weighted by Gasteiger charge is -2.43. The number of amides is 1. The lowest BCUT2D eigenvalue weighted by atomic mass is 10.0. The van der Waals surface area contributed by atoms with E-state index in [9.17, 15) is 4.79 Å². The molecule has 1 aliphatic rings. The van der Waals surface area contributed by atoms with Crippen LogP contribution in [0.3, 0.4) is 0 Å². The van der Waals surface area contributed by atoms with Crippen LogP contribution in [0.25, 0.3) is 0 Å². The van der Waals surface area contributed by atoms with Crippen LogP contribution < -0.4 is 10.2 Å². The Bertz CT molecular complexity index is 699. The van der Waals surface area contributed by atoms with Gasteiger partial charge in [0, 0.05) is 17.9 Å². The molecule has 3 rings (SSSR count). The van der Waals surface area contributed by atoms with Gasteiger partial charge in [-0.05, 0) is 43.7 Å². The predicted molar refractivity (Wildman–Crippen MR) is 98.9 cm³/mol. The standard InChI is InChI=1S/C20H24N2O3/c1-20(2)15-24-13-12-22(20)18-10-8-17(9-11-18)21-19(23)25-14-16-6-4-3-5-7-16/h3-11H,12-15H2,1-2H3,(H,21,23). The lowest BCUT2D eigenvalue weighted by molar-refractivity contribution is 0.0644. The molecule has 2 aromatic carbocycles. The Balaban J connectivity index is 1.56. The maximum Gasteiger partial charge on any atom is 0.411 e. The summed E-state index contributed by atoms with van der Waals surface area (Å²) in [4.78, 5) is 14.2. The number of hydrogen-bond acceptors (Lipinski definition) is 4. The zero-order valence-corrected chi connectivity index (χ0v) is 14.7. The van der Waals surface area contributed by atoms with Gasteiger partial charge in [0.1, 0.15) is 6.61 Å². The van der Waals surface area contributed by atoms with Gasteiger partial charge in [0.25, 0.3) is 0 Å². The van der Waals surface area contributed by atoms with E-state index < -0.39 is 6.09 Å². The van der Waals surface area contributed by atoms with Gasteiger partial charge in [-0.25, -0.2) is 4.79 Å². The summed E-state index contributed by atoms with van der Waals surface area (Å²) in [5.41, 5.74) is 2.76. The van der Waals surface area contributed by atoms with E-state index in [0.717, 1.165) is 24.4 Å². The predicted octanol–water partition coefficient (Wildman–Crippen LogP) is 4.05. The number of benzene rings is 2. The summed E-state index contributed by atoms with van der Waals surface area (Å²) in [7, 11) is 0. The molecule has 5 heteroatoms. The van der Waals surface area contributed by atoms with Gasteiger partial charge in [-0.3, -0.25) is 5.32 Å². The second kappa shape index (κ2) is 7.57. The number of morpholine rings is 1. The van der Waals surface area contributed by atoms with Crippen molar-refractivity contribution >= 4 is 17.5 Å². The average Bonchev–Trinajstić information content (AvgIpc) is 2.61. The molecule has 0 unspecified atom stereocenters. The van der Waals surface area contributed by atoms with Crippen molar-refractivity contribution in [3.63, 3.8) is 0 Å². The quantitative estimate of drug-likeness (QED) is 0.912. The first-order valence-electron chi connectivity index (χ1n) is 8.48. The Kier molecular flexibility index (Phi) is 5.24. The zero-order chi connectivity index (χ0) is 17.7. The van der Waals surface area contributed by atoms with Crippen molar-refractivity contribution in [2.45, 2.75) is 26.0 Å². The topological polar surface area (TPSA) is 50.8 Å². The van der Waals surface area contributed by atoms with Gasteiger partial charge in [-0.2, -0.15) is 0 Å². The molecule has 0 atom stereocenters. The van der Waals surface area contributed by atoms with Gasteiger partial charge < -0.3 is 14.4 Å². The van der Waals surface area contributed by atoms with Crippen LogP contribution in [0.1, 0.15) is 19.4 Å². The van der Waals surface area contributed by atoms with E-state index in [-0.39, 0.29) is 12.1 Å². The first-order chi connectivity index (χ1) is 12.0. The maximum absolute atomic E-state index is 11.9. The Morgan fingerprint density at radius 2 is 1.88 bits per heavy atom. The maximum atomic E-state index is 11.9. The molecule has 0 aliphatic carbocycles. The molecule has 1 saturated heterocycles. The molecule has 0 bridgehead atoms. The first kappa shape index (κ1) is 17.3. The van der Waals surface area contributed by atoms with Gasteiger partial charge in [0.05, 0.1) is 18.8 Å². The van der Waals surface area contributed by atoms with Crippen molar-refractivity contribution in [3.05, 3.63) is 60.2 Å². The minimum Gasteiger partial charge on any atom is -0.444 e. The summed E-state index contributed by atoms with van der Waals surface area (Å²) >= 11 is 0. The highest BCUT2D eigenvalue weighted by Crippen LogP contribution is 2.27. The largest absolute Gasteiger partial charge is 0.444 e. The monoisotopic (exact) mass is 340 g/mol. The molecule has 1 amide bonds. The van der Waals surface area contributed by atoms with Crippen molar-refractivity contribution in [1.82, 2.24) is 0 Å². The molecular formula is C20H24N2O3. The van der Waals surface area contributed by atoms with E-state index in [1.165, 1.54) is 0 Å². The van der Waals surface area contributed by atoms with Crippen LogP contribution in [0, 0.1) is 0 Å². The van der Waals surface area contributed by atoms with Crippen LogP contribution in [0.2, 0.25) is 0 Å². The van der Waals surface area contributed by atoms with Crippen molar-refractivity contribution in [2.24, 2.45) is 0 Å². The van der Waals surface area contributed by atoms with E-state index in [4.69, 9.17) is 9.47 Å². The molecule has 1 heterocycles. The lowest BCUT2D eigenvalue weighted by Crippen LogP contribution is -2.53. The second-order valence-corrected chi connectivity index (χ2v) is 6.75. The van der Waals surface area contributed by atoms with Gasteiger partial charge in [-0.1, -0.05) is 30.3 Å². The smallest absolute Gasteiger partial charge is 0.411 e. The third kappa shape index (κ3) is 4.51. The van der Waals surface area contributed by atoms with Gasteiger partial charge in [0.2, 0.25) is 0 Å². The van der Waals surface area contributed by atoms with Gasteiger partial charge in [-0.15, -0.1) is 0 Å². The number of anilines is 2. The number of nitrogens with zero attached hydrogens (tertiary/aromatic N) is 1. The summed E-state index contributed by atoms with van der Waals surface area (Å²) in [5.74, 6) is 0. The van der Waals surface area contributed by atoms with Crippen LogP contribution in [-0.2, 0) is 16.1 Å². The zero-order valence-electron chi connectivity index (χ0n) is 14.7. The number of carbonyl (C=O) groups excluding carboxylic acids is 1. The van der Waals surface area contributed by atoms with E-state index in [2.05, 4.69) is 24.1 Å². The molecule has 25 heavy (non-hydrogen) atoms. The van der Waals surface area contributed by atoms with Gasteiger partial charge >= 0.3 is 6.09 Å². The SMILES string of the molecule is CC1(C)COCCN1c1ccc(NC(=O)OCc2ccccc2)cc1. The first-order valence-corrected chi connectivity index (χ1v) is 8.48. The fraction of sp³-hybridized carbons (Fsp3) is 0.350. The molecule has 0 saturated carbocycles. The number of carbonyl (C=O) groups is 1. The fourth-order valence-electron chi connectivity index (χ4n) is 2.94. The van der Waals surface area contributed by atoms with Crippen LogP contribution >= 0.6 is 0 Å². The normalized spacial score (nSPS) is 16.3. The molecule has 5 nitrogen and oxygen atoms in total. The summed E-state index contributed by atoms with van der Waals surface area (Å²) in [6.07, 6.45) is -0.455. The Hall–Kier alpha value is -2.53. The fourth-order valence-corrected chi connectivity index (χ4v) is 2.94. The van der Waals surface area contributed by atoms with Crippen LogP contribution in [0.4, 0.5) is 16.2 Å². The molecule has 1 aliphatic heterocycles. The summed E-state index contributed by atoms with van der Waals surface area (Å²) in [6, 6.07) is 17.4. The van der Waals surface area contributed by atoms with Crippen LogP contribution in [-0.4, -0.2) is 31.4 Å². The van der Waals surface area contributed by atoms with E-state index >= 15 is 0 Å². The minimum atomic E-state index is -0.455. The number of hydrogen-bond donors (Lipinski definition) is 1. The van der Waals surface area contributed by atoms with Crippen molar-refractivity contribution in [2.75, 3.05) is 30.0 Å². The molecule has 1 N–H and O–H groups in total. The Morgan fingerprint density at radius 1 is 1.16 bits per heavy atom. The number of nitrogens with one attached hydrogen (secondary N) is 1. The molecule has 0 spiro atoms. The van der Waals surface area contributed by atoms with Crippen LogP contribution in [0.5, 0.6) is 0 Å². The molecule has 2 aromatic rings. The Morgan fingerprint density at radius 3 is 2.56 bits per heavy atom. The van der Waals surface area contributed by atoms with Gasteiger partial charge in [0.15, 0.2) is 0 Å². The highest BCUT2D eigenvalue weighted by molar-refractivity contribution is 5.84. The number of ether oxygens (including phenoxy) is 2. The average molecular weight is 340 g/mol. The van der Waals surface area contributed by atoms with Crippen molar-refractivity contribution in [3.8, 4) is 0 Å². The summed E-state index contributed by atoms with van der Waals surface area (Å²) < 4.78 is 10.8. The highest BCUT2D eigenvalue weighted by atomic mass is 16.5. The van der Waals surface area contributed by atoms with Crippen molar-refractivity contribution in [1.29, 1.82) is 0 Å². The molecular weight excluding hydrogens is 316 g/mol. The van der Waals surface area contributed by atoms with Crippen molar-refractivity contribution < 1.29 is 14.3 Å². The molecule has 1 fully saturated rings. The second-order valence-electron chi connectivity index (χ2n) is 6.75. The summed E-state index contributed by atoms with van der Waals surface area (Å²) in [5, 5.41) is 2.76. The third-order valence-electron chi connectivity index (χ3n) is 4.28. The minimum absolute atomic E-state index is 0.0399.